The Morgan fingerprint density at radius 1 is 1.08 bits per heavy atom. The van der Waals surface area contributed by atoms with Crippen molar-refractivity contribution in [1.29, 1.82) is 0 Å². The van der Waals surface area contributed by atoms with Gasteiger partial charge in [-0.3, -0.25) is 24.6 Å². The number of rotatable bonds is 3. The molecule has 0 aromatic heterocycles. The molecule has 0 aromatic carbocycles. The van der Waals surface area contributed by atoms with Crippen LogP contribution in [0.5, 0.6) is 0 Å². The van der Waals surface area contributed by atoms with E-state index in [9.17, 15) is 24.0 Å². The molecule has 0 aromatic rings. The molecule has 1 aliphatic heterocycles. The fourth-order valence-corrected chi connectivity index (χ4v) is 3.32. The van der Waals surface area contributed by atoms with Crippen molar-refractivity contribution >= 4 is 29.8 Å². The summed E-state index contributed by atoms with van der Waals surface area (Å²) in [5, 5.41) is 4.59. The average Bonchev–Trinajstić information content (AvgIpc) is 2.70. The van der Waals surface area contributed by atoms with Gasteiger partial charge in [0.05, 0.1) is 0 Å². The fraction of sp³-hybridized carbons (Fsp3) is 0.706. The minimum absolute atomic E-state index is 0.107. The minimum Gasteiger partial charge on any atom is -0.333 e. The van der Waals surface area contributed by atoms with Crippen molar-refractivity contribution in [3.05, 3.63) is 0 Å². The number of amides is 7. The minimum atomic E-state index is -1.03. The third-order valence-electron chi connectivity index (χ3n) is 4.52. The molecule has 1 saturated heterocycles. The van der Waals surface area contributed by atoms with E-state index in [1.807, 2.05) is 6.92 Å². The monoisotopic (exact) mass is 366 g/mol. The predicted molar refractivity (Wildman–Crippen MR) is 91.8 cm³/mol. The van der Waals surface area contributed by atoms with Gasteiger partial charge in [0.25, 0.3) is 0 Å². The van der Waals surface area contributed by atoms with Gasteiger partial charge in [0.15, 0.2) is 0 Å². The molecule has 0 unspecified atom stereocenters. The third kappa shape index (κ3) is 4.39. The first-order chi connectivity index (χ1) is 12.0. The second kappa shape index (κ2) is 7.43. The lowest BCUT2D eigenvalue weighted by atomic mass is 9.85. The van der Waals surface area contributed by atoms with Gasteiger partial charge in [0.1, 0.15) is 6.54 Å². The molecule has 1 heterocycles. The van der Waals surface area contributed by atoms with Gasteiger partial charge in [-0.1, -0.05) is 19.8 Å². The molecule has 0 radical (unpaired) electrons. The third-order valence-corrected chi connectivity index (χ3v) is 4.52. The molecular weight excluding hydrogens is 340 g/mol. The topological polar surface area (TPSA) is 116 Å². The molecule has 2 rings (SSSR count). The largest absolute Gasteiger partial charge is 0.334 e. The molecule has 1 saturated carbocycles. The number of hydrogen-bond acceptors (Lipinski definition) is 5. The molecule has 26 heavy (non-hydrogen) atoms. The fourth-order valence-electron chi connectivity index (χ4n) is 3.32. The van der Waals surface area contributed by atoms with Crippen LogP contribution in [0.4, 0.5) is 9.59 Å². The van der Waals surface area contributed by atoms with Crippen LogP contribution in [-0.2, 0) is 14.4 Å². The summed E-state index contributed by atoms with van der Waals surface area (Å²) in [6, 6.07) is -1.85. The highest BCUT2D eigenvalue weighted by molar-refractivity contribution is 6.45. The van der Waals surface area contributed by atoms with Gasteiger partial charge < -0.3 is 5.32 Å². The summed E-state index contributed by atoms with van der Waals surface area (Å²) in [7, 11) is 0. The van der Waals surface area contributed by atoms with Crippen LogP contribution in [0.2, 0.25) is 0 Å². The SMILES string of the molecule is C[C@@H]1CCCC[C@@H]1N1C(=O)C(=O)N(CC(=O)NC(=O)NC(C)(C)C)C1=O. The van der Waals surface area contributed by atoms with Crippen molar-refractivity contribution in [2.24, 2.45) is 5.92 Å². The van der Waals surface area contributed by atoms with Crippen LogP contribution >= 0.6 is 0 Å². The highest BCUT2D eigenvalue weighted by Gasteiger charge is 2.49. The first-order valence-electron chi connectivity index (χ1n) is 8.82. The zero-order valence-corrected chi connectivity index (χ0v) is 15.6. The smallest absolute Gasteiger partial charge is 0.333 e. The van der Waals surface area contributed by atoms with Gasteiger partial charge >= 0.3 is 23.9 Å². The molecular formula is C17H26N4O5. The molecule has 2 N–H and O–H groups in total. The Kier molecular flexibility index (Phi) is 5.68. The second-order valence-corrected chi connectivity index (χ2v) is 7.93. The van der Waals surface area contributed by atoms with Gasteiger partial charge in [-0.2, -0.15) is 0 Å². The first kappa shape index (κ1) is 19.9. The van der Waals surface area contributed by atoms with Crippen molar-refractivity contribution in [3.8, 4) is 0 Å². The maximum atomic E-state index is 12.6. The molecule has 9 nitrogen and oxygen atoms in total. The molecule has 2 atom stereocenters. The highest BCUT2D eigenvalue weighted by Crippen LogP contribution is 2.31. The van der Waals surface area contributed by atoms with Gasteiger partial charge in [-0.15, -0.1) is 0 Å². The summed E-state index contributed by atoms with van der Waals surface area (Å²) in [5.41, 5.74) is -0.548. The highest BCUT2D eigenvalue weighted by atomic mass is 16.2. The van der Waals surface area contributed by atoms with Gasteiger partial charge in [-0.05, 0) is 39.5 Å². The number of urea groups is 2. The summed E-state index contributed by atoms with van der Waals surface area (Å²) < 4.78 is 0. The summed E-state index contributed by atoms with van der Waals surface area (Å²) >= 11 is 0. The summed E-state index contributed by atoms with van der Waals surface area (Å²) in [6.45, 7) is 6.50. The van der Waals surface area contributed by atoms with Crippen molar-refractivity contribution in [2.45, 2.75) is 65.0 Å². The van der Waals surface area contributed by atoms with E-state index in [0.717, 1.165) is 24.2 Å². The zero-order valence-electron chi connectivity index (χ0n) is 15.6. The molecule has 0 spiro atoms. The van der Waals surface area contributed by atoms with Crippen molar-refractivity contribution in [2.75, 3.05) is 6.54 Å². The van der Waals surface area contributed by atoms with E-state index in [1.54, 1.807) is 20.8 Å². The van der Waals surface area contributed by atoms with E-state index in [1.165, 1.54) is 0 Å². The standard InChI is InChI=1S/C17H26N4O5/c1-10-7-5-6-8-11(10)21-14(24)13(23)20(16(21)26)9-12(22)18-15(25)19-17(2,3)4/h10-11H,5-9H2,1-4H3,(H2,18,19,22,25)/t10-,11+/m1/s1. The van der Waals surface area contributed by atoms with Crippen LogP contribution in [0.1, 0.15) is 53.4 Å². The van der Waals surface area contributed by atoms with Crippen LogP contribution < -0.4 is 10.6 Å². The second-order valence-electron chi connectivity index (χ2n) is 7.93. The summed E-state index contributed by atoms with van der Waals surface area (Å²) in [5.74, 6) is -2.66. The van der Waals surface area contributed by atoms with E-state index < -0.39 is 41.9 Å². The van der Waals surface area contributed by atoms with Crippen LogP contribution in [-0.4, -0.2) is 57.7 Å². The molecule has 1 aliphatic carbocycles. The van der Waals surface area contributed by atoms with Gasteiger partial charge in [0.2, 0.25) is 5.91 Å². The normalized spacial score (nSPS) is 24.1. The Hall–Kier alpha value is -2.45. The number of carbonyl (C=O) groups excluding carboxylic acids is 5. The number of imide groups is 3. The Balaban J connectivity index is 2.02. The number of nitrogens with one attached hydrogen (secondary N) is 2. The van der Waals surface area contributed by atoms with E-state index in [2.05, 4.69) is 10.6 Å². The van der Waals surface area contributed by atoms with Crippen LogP contribution in [0.3, 0.4) is 0 Å². The van der Waals surface area contributed by atoms with Gasteiger partial charge in [0, 0.05) is 11.6 Å². The van der Waals surface area contributed by atoms with E-state index in [4.69, 9.17) is 0 Å². The quantitative estimate of drug-likeness (QED) is 0.570. The maximum Gasteiger partial charge on any atom is 0.334 e. The van der Waals surface area contributed by atoms with E-state index in [-0.39, 0.29) is 12.0 Å². The van der Waals surface area contributed by atoms with E-state index in [0.29, 0.717) is 11.3 Å². The lowest BCUT2D eigenvalue weighted by molar-refractivity contribution is -0.145. The summed E-state index contributed by atoms with van der Waals surface area (Å²) in [6.07, 6.45) is 3.44. The van der Waals surface area contributed by atoms with Crippen molar-refractivity contribution in [1.82, 2.24) is 20.4 Å². The van der Waals surface area contributed by atoms with Crippen molar-refractivity contribution < 1.29 is 24.0 Å². The summed E-state index contributed by atoms with van der Waals surface area (Å²) in [4.78, 5) is 62.3. The van der Waals surface area contributed by atoms with Crippen molar-refractivity contribution in [3.63, 3.8) is 0 Å². The van der Waals surface area contributed by atoms with Crippen LogP contribution in [0, 0.1) is 5.92 Å². The predicted octanol–water partition coefficient (Wildman–Crippen LogP) is 0.980. The Labute approximate surface area is 152 Å². The zero-order chi connectivity index (χ0) is 19.6. The maximum absolute atomic E-state index is 12.6. The average molecular weight is 366 g/mol. The Morgan fingerprint density at radius 2 is 1.69 bits per heavy atom. The lowest BCUT2D eigenvalue weighted by Gasteiger charge is -2.34. The number of hydrogen-bond donors (Lipinski definition) is 2. The van der Waals surface area contributed by atoms with Crippen LogP contribution in [0.25, 0.3) is 0 Å². The lowest BCUT2D eigenvalue weighted by Crippen LogP contribution is -2.51. The number of carbonyl (C=O) groups is 5. The Bertz CT molecular complexity index is 640. The molecule has 0 bridgehead atoms. The first-order valence-corrected chi connectivity index (χ1v) is 8.82. The van der Waals surface area contributed by atoms with Gasteiger partial charge in [-0.25, -0.2) is 14.5 Å². The number of nitrogens with zero attached hydrogens (tertiary/aromatic N) is 2. The molecule has 9 heteroatoms. The molecule has 7 amide bonds. The molecule has 144 valence electrons. The molecule has 2 aliphatic rings. The van der Waals surface area contributed by atoms with E-state index >= 15 is 0 Å². The Morgan fingerprint density at radius 3 is 2.27 bits per heavy atom. The van der Waals surface area contributed by atoms with Crippen LogP contribution in [0.15, 0.2) is 0 Å². The molecule has 2 fully saturated rings.